The molecule has 0 fully saturated rings. The van der Waals surface area contributed by atoms with Gasteiger partial charge in [-0.05, 0) is 49.4 Å². The molecule has 4 nitrogen and oxygen atoms in total. The van der Waals surface area contributed by atoms with Crippen LogP contribution < -0.4 is 9.47 Å². The topological polar surface area (TPSA) is 38.8 Å². The van der Waals surface area contributed by atoms with Gasteiger partial charge in [0.05, 0.1) is 20.3 Å². The van der Waals surface area contributed by atoms with Crippen molar-refractivity contribution >= 4 is 5.78 Å². The van der Waals surface area contributed by atoms with Gasteiger partial charge in [-0.1, -0.05) is 0 Å². The smallest absolute Gasteiger partial charge is 0.161 e. The average Bonchev–Trinajstić information content (AvgIpc) is 2.54. The molecule has 1 aliphatic heterocycles. The molecule has 0 saturated heterocycles. The normalized spacial score (nSPS) is 21.2. The van der Waals surface area contributed by atoms with Crippen LogP contribution >= 0.6 is 0 Å². The maximum absolute atomic E-state index is 11.7. The summed E-state index contributed by atoms with van der Waals surface area (Å²) in [5.41, 5.74) is 3.76. The number of ether oxygens (including phenoxy) is 2. The maximum Gasteiger partial charge on any atom is 0.161 e. The van der Waals surface area contributed by atoms with Gasteiger partial charge in [-0.15, -0.1) is 0 Å². The van der Waals surface area contributed by atoms with Crippen molar-refractivity contribution in [1.29, 1.82) is 0 Å². The van der Waals surface area contributed by atoms with E-state index in [1.165, 1.54) is 16.8 Å². The molecule has 118 valence electrons. The third-order valence-corrected chi connectivity index (χ3v) is 4.74. The van der Waals surface area contributed by atoms with Crippen LogP contribution in [0.5, 0.6) is 11.5 Å². The fraction of sp³-hybridized carbons (Fsp3) is 0.500. The number of ketones is 1. The van der Waals surface area contributed by atoms with Gasteiger partial charge < -0.3 is 14.4 Å². The molecule has 1 aromatic carbocycles. The van der Waals surface area contributed by atoms with Crippen molar-refractivity contribution in [3.8, 4) is 11.5 Å². The Kier molecular flexibility index (Phi) is 4.10. The number of fused-ring (bicyclic) bond motifs is 1. The summed E-state index contributed by atoms with van der Waals surface area (Å²) in [6.45, 7) is 3.15. The Morgan fingerprint density at radius 3 is 2.50 bits per heavy atom. The molecule has 0 spiro atoms. The van der Waals surface area contributed by atoms with Crippen LogP contribution in [0, 0.1) is 0 Å². The van der Waals surface area contributed by atoms with Crippen LogP contribution in [0.15, 0.2) is 23.9 Å². The van der Waals surface area contributed by atoms with Gasteiger partial charge in [0.25, 0.3) is 0 Å². The first-order chi connectivity index (χ1) is 10.6. The van der Waals surface area contributed by atoms with E-state index in [9.17, 15) is 4.79 Å². The molecule has 0 bridgehead atoms. The summed E-state index contributed by atoms with van der Waals surface area (Å²) < 4.78 is 10.8. The second-order valence-corrected chi connectivity index (χ2v) is 5.98. The van der Waals surface area contributed by atoms with Crippen LogP contribution in [0.1, 0.15) is 43.4 Å². The zero-order valence-corrected chi connectivity index (χ0v) is 13.5. The Hall–Kier alpha value is -1.97. The monoisotopic (exact) mass is 301 g/mol. The minimum absolute atomic E-state index is 0.251. The van der Waals surface area contributed by atoms with Gasteiger partial charge in [-0.25, -0.2) is 0 Å². The average molecular weight is 301 g/mol. The molecule has 0 amide bonds. The summed E-state index contributed by atoms with van der Waals surface area (Å²) in [5.74, 6) is 1.81. The van der Waals surface area contributed by atoms with E-state index in [1.54, 1.807) is 14.2 Å². The lowest BCUT2D eigenvalue weighted by Crippen LogP contribution is -2.34. The molecular formula is C18H23NO3. The molecule has 3 rings (SSSR count). The SMILES string of the molecule is COc1cc2c(cc1OC)C(C)N(C1=CC(=O)CCC1)CC2. The number of carbonyl (C=O) groups is 1. The van der Waals surface area contributed by atoms with E-state index >= 15 is 0 Å². The molecule has 2 aliphatic rings. The van der Waals surface area contributed by atoms with Crippen molar-refractivity contribution in [3.05, 3.63) is 35.0 Å². The van der Waals surface area contributed by atoms with Crippen molar-refractivity contribution < 1.29 is 14.3 Å². The predicted molar refractivity (Wildman–Crippen MR) is 85.3 cm³/mol. The third-order valence-electron chi connectivity index (χ3n) is 4.74. The van der Waals surface area contributed by atoms with Gasteiger partial charge in [0.15, 0.2) is 17.3 Å². The number of methoxy groups -OCH3 is 2. The van der Waals surface area contributed by atoms with Crippen LogP contribution in [-0.4, -0.2) is 31.4 Å². The lowest BCUT2D eigenvalue weighted by Gasteiger charge is -2.39. The summed E-state index contributed by atoms with van der Waals surface area (Å²) in [6.07, 6.45) is 5.45. The molecule has 0 N–H and O–H groups in total. The van der Waals surface area contributed by atoms with E-state index in [0.717, 1.165) is 37.3 Å². The Morgan fingerprint density at radius 1 is 1.09 bits per heavy atom. The van der Waals surface area contributed by atoms with Crippen molar-refractivity contribution in [3.63, 3.8) is 0 Å². The summed E-state index contributed by atoms with van der Waals surface area (Å²) in [4.78, 5) is 14.1. The van der Waals surface area contributed by atoms with Crippen LogP contribution in [-0.2, 0) is 11.2 Å². The highest BCUT2D eigenvalue weighted by atomic mass is 16.5. The minimum Gasteiger partial charge on any atom is -0.493 e. The third kappa shape index (κ3) is 2.58. The van der Waals surface area contributed by atoms with E-state index < -0.39 is 0 Å². The highest BCUT2D eigenvalue weighted by Crippen LogP contribution is 2.40. The summed E-state index contributed by atoms with van der Waals surface area (Å²) in [6, 6.07) is 4.42. The summed E-state index contributed by atoms with van der Waals surface area (Å²) in [7, 11) is 3.33. The fourth-order valence-electron chi connectivity index (χ4n) is 3.54. The van der Waals surface area contributed by atoms with Gasteiger partial charge in [0.1, 0.15) is 0 Å². The first-order valence-electron chi connectivity index (χ1n) is 7.89. The predicted octanol–water partition coefficient (Wildman–Crippen LogP) is 3.26. The Labute approximate surface area is 131 Å². The zero-order valence-electron chi connectivity index (χ0n) is 13.5. The molecule has 0 aromatic heterocycles. The van der Waals surface area contributed by atoms with Crippen LogP contribution in [0.3, 0.4) is 0 Å². The van der Waals surface area contributed by atoms with Gasteiger partial charge >= 0.3 is 0 Å². The number of allylic oxidation sites excluding steroid dienone is 2. The maximum atomic E-state index is 11.7. The summed E-state index contributed by atoms with van der Waals surface area (Å²) >= 11 is 0. The zero-order chi connectivity index (χ0) is 15.7. The van der Waals surface area contributed by atoms with Crippen LogP contribution in [0.25, 0.3) is 0 Å². The van der Waals surface area contributed by atoms with Crippen molar-refractivity contribution in [2.24, 2.45) is 0 Å². The molecule has 0 saturated carbocycles. The number of nitrogens with zero attached hydrogens (tertiary/aromatic N) is 1. The van der Waals surface area contributed by atoms with Gasteiger partial charge in [-0.2, -0.15) is 0 Å². The lowest BCUT2D eigenvalue weighted by atomic mass is 9.90. The second kappa shape index (κ2) is 6.03. The van der Waals surface area contributed by atoms with Gasteiger partial charge in [-0.3, -0.25) is 4.79 Å². The van der Waals surface area contributed by atoms with Crippen LogP contribution in [0.4, 0.5) is 0 Å². The Bertz CT molecular complexity index is 621. The fourth-order valence-corrected chi connectivity index (χ4v) is 3.54. The molecule has 22 heavy (non-hydrogen) atoms. The number of rotatable bonds is 3. The first kappa shape index (κ1) is 14.9. The highest BCUT2D eigenvalue weighted by Gasteiger charge is 2.28. The van der Waals surface area contributed by atoms with Gasteiger partial charge in [0, 0.05) is 24.7 Å². The van der Waals surface area contributed by atoms with Gasteiger partial charge in [0.2, 0.25) is 0 Å². The Morgan fingerprint density at radius 2 is 1.82 bits per heavy atom. The molecule has 0 radical (unpaired) electrons. The molecule has 1 unspecified atom stereocenters. The van der Waals surface area contributed by atoms with Crippen molar-refractivity contribution in [2.75, 3.05) is 20.8 Å². The number of benzene rings is 1. The van der Waals surface area contributed by atoms with Crippen molar-refractivity contribution in [1.82, 2.24) is 4.90 Å². The van der Waals surface area contributed by atoms with E-state index in [-0.39, 0.29) is 11.8 Å². The van der Waals surface area contributed by atoms with Crippen LogP contribution in [0.2, 0.25) is 0 Å². The minimum atomic E-state index is 0.251. The van der Waals surface area contributed by atoms with E-state index in [2.05, 4.69) is 24.0 Å². The molecule has 4 heteroatoms. The first-order valence-corrected chi connectivity index (χ1v) is 7.89. The number of hydrogen-bond donors (Lipinski definition) is 0. The van der Waals surface area contributed by atoms with E-state index in [0.29, 0.717) is 6.42 Å². The second-order valence-electron chi connectivity index (χ2n) is 5.98. The largest absolute Gasteiger partial charge is 0.493 e. The van der Waals surface area contributed by atoms with E-state index in [4.69, 9.17) is 9.47 Å². The molecule has 1 aliphatic carbocycles. The molecular weight excluding hydrogens is 278 g/mol. The standard InChI is InChI=1S/C18H23NO3/c1-12-16-11-18(22-3)17(21-2)9-13(16)7-8-19(12)14-5-4-6-15(20)10-14/h9-12H,4-8H2,1-3H3. The highest BCUT2D eigenvalue weighted by molar-refractivity contribution is 5.91. The number of hydrogen-bond acceptors (Lipinski definition) is 4. The quantitative estimate of drug-likeness (QED) is 0.859. The summed E-state index contributed by atoms with van der Waals surface area (Å²) in [5, 5.41) is 0. The number of carbonyl (C=O) groups excluding carboxylic acids is 1. The van der Waals surface area contributed by atoms with E-state index in [1.807, 2.05) is 6.08 Å². The molecule has 1 atom stereocenters. The van der Waals surface area contributed by atoms with Crippen molar-refractivity contribution in [2.45, 2.75) is 38.6 Å². The molecule has 1 aromatic rings. The lowest BCUT2D eigenvalue weighted by molar-refractivity contribution is -0.115. The molecule has 1 heterocycles. The Balaban J connectivity index is 1.95.